The molecule has 2 aromatic rings. The predicted molar refractivity (Wildman–Crippen MR) is 92.1 cm³/mol. The van der Waals surface area contributed by atoms with Crippen LogP contribution in [-0.2, 0) is 4.79 Å². The van der Waals surface area contributed by atoms with Crippen LogP contribution in [-0.4, -0.2) is 16.8 Å². The number of hydrogen-bond acceptors (Lipinski definition) is 3. The van der Waals surface area contributed by atoms with Crippen LogP contribution >= 0.6 is 11.6 Å². The number of anilines is 1. The third kappa shape index (κ3) is 2.94. The van der Waals surface area contributed by atoms with Gasteiger partial charge < -0.3 is 5.11 Å². The van der Waals surface area contributed by atoms with E-state index in [0.29, 0.717) is 10.7 Å². The van der Waals surface area contributed by atoms with E-state index in [1.165, 1.54) is 0 Å². The summed E-state index contributed by atoms with van der Waals surface area (Å²) >= 11 is 5.95. The Morgan fingerprint density at radius 1 is 1.09 bits per heavy atom. The van der Waals surface area contributed by atoms with Gasteiger partial charge in [0.2, 0.25) is 0 Å². The summed E-state index contributed by atoms with van der Waals surface area (Å²) in [6.45, 7) is 3.77. The maximum atomic E-state index is 11.8. The number of benzene rings is 2. The Kier molecular flexibility index (Phi) is 4.09. The van der Waals surface area contributed by atoms with E-state index in [4.69, 9.17) is 11.6 Å². The molecule has 2 aromatic carbocycles. The molecule has 2 atom stereocenters. The van der Waals surface area contributed by atoms with Gasteiger partial charge in [-0.3, -0.25) is 9.80 Å². The van der Waals surface area contributed by atoms with Gasteiger partial charge in [-0.15, -0.1) is 0 Å². The first-order chi connectivity index (χ1) is 11.0. The van der Waals surface area contributed by atoms with Gasteiger partial charge in [0.1, 0.15) is 5.92 Å². The van der Waals surface area contributed by atoms with Crippen LogP contribution in [0, 0.1) is 12.8 Å². The van der Waals surface area contributed by atoms with Gasteiger partial charge in [0.05, 0.1) is 17.4 Å². The van der Waals surface area contributed by atoms with Crippen LogP contribution in [0.3, 0.4) is 0 Å². The van der Waals surface area contributed by atoms with Gasteiger partial charge >= 0.3 is 5.97 Å². The fraction of sp³-hybridized carbons (Fsp3) is 0.222. The molecule has 0 aromatic heterocycles. The SMILES string of the molecule is CC1=NN(c2ccc(Cl)cc2)C(c2ccc(C)cc2)C1C(=O)O. The van der Waals surface area contributed by atoms with E-state index in [0.717, 1.165) is 16.8 Å². The second kappa shape index (κ2) is 6.05. The number of aryl methyl sites for hydroxylation is 1. The van der Waals surface area contributed by atoms with Crippen LogP contribution < -0.4 is 5.01 Å². The van der Waals surface area contributed by atoms with E-state index in [9.17, 15) is 9.90 Å². The Balaban J connectivity index is 2.07. The highest BCUT2D eigenvalue weighted by Gasteiger charge is 2.41. The van der Waals surface area contributed by atoms with E-state index >= 15 is 0 Å². The molecule has 2 unspecified atom stereocenters. The molecule has 0 saturated carbocycles. The summed E-state index contributed by atoms with van der Waals surface area (Å²) in [5.74, 6) is -1.54. The Morgan fingerprint density at radius 2 is 1.70 bits per heavy atom. The minimum Gasteiger partial charge on any atom is -0.481 e. The van der Waals surface area contributed by atoms with Crippen molar-refractivity contribution in [3.8, 4) is 0 Å². The molecule has 23 heavy (non-hydrogen) atoms. The molecule has 0 radical (unpaired) electrons. The van der Waals surface area contributed by atoms with Crippen molar-refractivity contribution in [3.05, 3.63) is 64.7 Å². The maximum Gasteiger partial charge on any atom is 0.314 e. The molecule has 5 heteroatoms. The monoisotopic (exact) mass is 328 g/mol. The van der Waals surface area contributed by atoms with Crippen LogP contribution in [0.1, 0.15) is 24.1 Å². The van der Waals surface area contributed by atoms with E-state index in [-0.39, 0.29) is 6.04 Å². The van der Waals surface area contributed by atoms with Crippen molar-refractivity contribution >= 4 is 29.0 Å². The summed E-state index contributed by atoms with van der Waals surface area (Å²) in [4.78, 5) is 11.8. The average Bonchev–Trinajstić information content (AvgIpc) is 2.86. The zero-order chi connectivity index (χ0) is 16.6. The lowest BCUT2D eigenvalue weighted by atomic mass is 9.90. The van der Waals surface area contributed by atoms with Gasteiger partial charge in [-0.25, -0.2) is 0 Å². The number of halogens is 1. The summed E-state index contributed by atoms with van der Waals surface area (Å²) in [5.41, 5.74) is 3.48. The highest BCUT2D eigenvalue weighted by atomic mass is 35.5. The summed E-state index contributed by atoms with van der Waals surface area (Å²) in [5, 5.41) is 16.6. The first-order valence-corrected chi connectivity index (χ1v) is 7.74. The number of carboxylic acid groups (broad SMARTS) is 1. The predicted octanol–water partition coefficient (Wildman–Crippen LogP) is 4.29. The zero-order valence-corrected chi connectivity index (χ0v) is 13.7. The molecule has 1 aliphatic rings. The number of nitrogens with zero attached hydrogens (tertiary/aromatic N) is 2. The maximum absolute atomic E-state index is 11.8. The molecule has 0 aliphatic carbocycles. The normalized spacial score (nSPS) is 20.5. The molecule has 1 heterocycles. The fourth-order valence-electron chi connectivity index (χ4n) is 2.89. The lowest BCUT2D eigenvalue weighted by Crippen LogP contribution is -2.30. The van der Waals surface area contributed by atoms with Gasteiger partial charge in [-0.05, 0) is 43.7 Å². The van der Waals surface area contributed by atoms with Crippen molar-refractivity contribution in [2.24, 2.45) is 11.0 Å². The first-order valence-electron chi connectivity index (χ1n) is 7.36. The number of carbonyl (C=O) groups is 1. The Hall–Kier alpha value is -2.33. The minimum atomic E-state index is -0.867. The zero-order valence-electron chi connectivity index (χ0n) is 12.9. The molecular weight excluding hydrogens is 312 g/mol. The topological polar surface area (TPSA) is 52.9 Å². The first kappa shape index (κ1) is 15.6. The van der Waals surface area contributed by atoms with Crippen LogP contribution in [0.4, 0.5) is 5.69 Å². The van der Waals surface area contributed by atoms with E-state index in [2.05, 4.69) is 5.10 Å². The van der Waals surface area contributed by atoms with Crippen LogP contribution in [0.25, 0.3) is 0 Å². The average molecular weight is 329 g/mol. The minimum absolute atomic E-state index is 0.366. The molecule has 4 nitrogen and oxygen atoms in total. The lowest BCUT2D eigenvalue weighted by molar-refractivity contribution is -0.139. The number of aliphatic carboxylic acids is 1. The number of rotatable bonds is 3. The van der Waals surface area contributed by atoms with Crippen molar-refractivity contribution in [1.29, 1.82) is 0 Å². The Morgan fingerprint density at radius 3 is 2.26 bits per heavy atom. The molecular formula is C18H17ClN2O2. The van der Waals surface area contributed by atoms with E-state index < -0.39 is 11.9 Å². The van der Waals surface area contributed by atoms with Crippen molar-refractivity contribution in [3.63, 3.8) is 0 Å². The quantitative estimate of drug-likeness (QED) is 0.914. The van der Waals surface area contributed by atoms with Gasteiger partial charge in [0, 0.05) is 5.02 Å². The van der Waals surface area contributed by atoms with E-state index in [1.54, 1.807) is 24.1 Å². The fourth-order valence-corrected chi connectivity index (χ4v) is 3.01. The van der Waals surface area contributed by atoms with Crippen molar-refractivity contribution in [1.82, 2.24) is 0 Å². The smallest absolute Gasteiger partial charge is 0.314 e. The second-order valence-corrected chi connectivity index (χ2v) is 6.17. The summed E-state index contributed by atoms with van der Waals surface area (Å²) in [6.07, 6.45) is 0. The highest BCUT2D eigenvalue weighted by molar-refractivity contribution is 6.30. The molecule has 0 saturated heterocycles. The molecule has 0 amide bonds. The largest absolute Gasteiger partial charge is 0.481 e. The number of hydrazone groups is 1. The van der Waals surface area contributed by atoms with Gasteiger partial charge in [0.15, 0.2) is 0 Å². The third-order valence-corrected chi connectivity index (χ3v) is 4.32. The Bertz CT molecular complexity index is 754. The Labute approximate surface area is 140 Å². The molecule has 0 fully saturated rings. The molecule has 0 spiro atoms. The molecule has 1 N–H and O–H groups in total. The lowest BCUT2D eigenvalue weighted by Gasteiger charge is -2.27. The standard InChI is InChI=1S/C18H17ClN2O2/c1-11-3-5-13(6-4-11)17-16(18(22)23)12(2)20-21(17)15-9-7-14(19)8-10-15/h3-10,16-17H,1-2H3,(H,22,23). The molecule has 3 rings (SSSR count). The van der Waals surface area contributed by atoms with Crippen molar-refractivity contribution in [2.75, 3.05) is 5.01 Å². The number of hydrogen-bond donors (Lipinski definition) is 1. The van der Waals surface area contributed by atoms with Crippen LogP contribution in [0.15, 0.2) is 53.6 Å². The van der Waals surface area contributed by atoms with Crippen LogP contribution in [0.2, 0.25) is 5.02 Å². The number of carboxylic acids is 1. The second-order valence-electron chi connectivity index (χ2n) is 5.73. The van der Waals surface area contributed by atoms with Gasteiger partial charge in [-0.2, -0.15) is 5.10 Å². The van der Waals surface area contributed by atoms with Crippen LogP contribution in [0.5, 0.6) is 0 Å². The highest BCUT2D eigenvalue weighted by Crippen LogP contribution is 2.39. The molecule has 1 aliphatic heterocycles. The summed E-state index contributed by atoms with van der Waals surface area (Å²) in [6, 6.07) is 14.8. The van der Waals surface area contributed by atoms with Crippen molar-refractivity contribution in [2.45, 2.75) is 19.9 Å². The third-order valence-electron chi connectivity index (χ3n) is 4.07. The summed E-state index contributed by atoms with van der Waals surface area (Å²) < 4.78 is 0. The van der Waals surface area contributed by atoms with Crippen molar-refractivity contribution < 1.29 is 9.90 Å². The molecule has 118 valence electrons. The van der Waals surface area contributed by atoms with E-state index in [1.807, 2.05) is 43.3 Å². The molecule has 0 bridgehead atoms. The van der Waals surface area contributed by atoms with Gasteiger partial charge in [-0.1, -0.05) is 41.4 Å². The van der Waals surface area contributed by atoms with Gasteiger partial charge in [0.25, 0.3) is 0 Å². The summed E-state index contributed by atoms with van der Waals surface area (Å²) in [7, 11) is 0.